The number of hydrogen-bond acceptors (Lipinski definition) is 3. The van der Waals surface area contributed by atoms with Crippen LogP contribution in [0.3, 0.4) is 0 Å². The maximum atomic E-state index is 13.7. The average Bonchev–Trinajstić information content (AvgIpc) is 3.05. The van der Waals surface area contributed by atoms with E-state index in [1.54, 1.807) is 41.2 Å². The molecule has 1 heterocycles. The lowest BCUT2D eigenvalue weighted by Gasteiger charge is -2.19. The molecule has 0 aliphatic heterocycles. The van der Waals surface area contributed by atoms with E-state index in [0.717, 1.165) is 0 Å². The van der Waals surface area contributed by atoms with Crippen LogP contribution in [0.4, 0.5) is 10.1 Å². The van der Waals surface area contributed by atoms with E-state index in [1.807, 2.05) is 19.2 Å². The second-order valence-corrected chi connectivity index (χ2v) is 6.19. The number of benzene rings is 2. The maximum absolute atomic E-state index is 13.7. The largest absolute Gasteiger partial charge is 0.375 e. The monoisotopic (exact) mass is 372 g/mol. The lowest BCUT2D eigenvalue weighted by atomic mass is 10.1. The Hall–Kier alpha value is -2.86. The summed E-state index contributed by atoms with van der Waals surface area (Å²) in [5.74, 6) is -0.0194. The molecule has 0 bridgehead atoms. The number of para-hydroxylation sites is 1. The molecule has 2 N–H and O–H groups in total. The van der Waals surface area contributed by atoms with Gasteiger partial charge in [-0.2, -0.15) is 0 Å². The van der Waals surface area contributed by atoms with Gasteiger partial charge in [0.2, 0.25) is 5.91 Å². The zero-order valence-electron chi connectivity index (χ0n) is 14.1. The molecule has 0 spiro atoms. The van der Waals surface area contributed by atoms with E-state index in [2.05, 4.69) is 15.6 Å². The van der Waals surface area contributed by atoms with Crippen molar-refractivity contribution in [3.05, 3.63) is 83.2 Å². The van der Waals surface area contributed by atoms with E-state index in [-0.39, 0.29) is 18.3 Å². The third kappa shape index (κ3) is 4.21. The molecule has 1 amide bonds. The number of amides is 1. The second kappa shape index (κ2) is 8.01. The number of aromatic nitrogens is 2. The minimum atomic E-state index is -0.564. The van der Waals surface area contributed by atoms with Crippen molar-refractivity contribution < 1.29 is 9.18 Å². The van der Waals surface area contributed by atoms with Crippen LogP contribution in [0.2, 0.25) is 5.02 Å². The second-order valence-electron chi connectivity index (χ2n) is 5.79. The van der Waals surface area contributed by atoms with Gasteiger partial charge in [0.15, 0.2) is 0 Å². The normalized spacial score (nSPS) is 11.8. The van der Waals surface area contributed by atoms with Crippen molar-refractivity contribution in [3.8, 4) is 0 Å². The van der Waals surface area contributed by atoms with Crippen LogP contribution in [0.25, 0.3) is 0 Å². The lowest BCUT2D eigenvalue weighted by molar-refractivity contribution is -0.119. The average molecular weight is 373 g/mol. The molecule has 0 saturated heterocycles. The Labute approximate surface area is 155 Å². The Morgan fingerprint density at radius 3 is 2.77 bits per heavy atom. The molecule has 3 rings (SSSR count). The molecule has 2 aromatic carbocycles. The van der Waals surface area contributed by atoms with E-state index >= 15 is 0 Å². The third-order valence-corrected chi connectivity index (χ3v) is 4.25. The quantitative estimate of drug-likeness (QED) is 0.696. The summed E-state index contributed by atoms with van der Waals surface area (Å²) in [7, 11) is 1.82. The number of rotatable bonds is 6. The van der Waals surface area contributed by atoms with Gasteiger partial charge in [-0.3, -0.25) is 4.79 Å². The summed E-state index contributed by atoms with van der Waals surface area (Å²) in [5.41, 5.74) is 1.29. The van der Waals surface area contributed by atoms with Crippen molar-refractivity contribution >= 4 is 23.2 Å². The van der Waals surface area contributed by atoms with Gasteiger partial charge in [-0.1, -0.05) is 35.9 Å². The zero-order valence-corrected chi connectivity index (χ0v) is 14.9. The van der Waals surface area contributed by atoms with Crippen LogP contribution in [0.1, 0.15) is 17.4 Å². The number of carbonyl (C=O) groups is 1. The Bertz CT molecular complexity index is 912. The number of hydrogen-bond donors (Lipinski definition) is 2. The SMILES string of the molecule is Cn1ccnc1C(NC(=O)CNc1ccccc1Cl)c1cccc(F)c1. The van der Waals surface area contributed by atoms with Crippen LogP contribution >= 0.6 is 11.6 Å². The molecule has 1 atom stereocenters. The first-order chi connectivity index (χ1) is 12.5. The Morgan fingerprint density at radius 1 is 1.27 bits per heavy atom. The highest BCUT2D eigenvalue weighted by atomic mass is 35.5. The first-order valence-electron chi connectivity index (χ1n) is 8.05. The van der Waals surface area contributed by atoms with Crippen molar-refractivity contribution in [2.45, 2.75) is 6.04 Å². The van der Waals surface area contributed by atoms with Crippen LogP contribution in [-0.2, 0) is 11.8 Å². The van der Waals surface area contributed by atoms with Gasteiger partial charge in [-0.25, -0.2) is 9.37 Å². The van der Waals surface area contributed by atoms with Crippen molar-refractivity contribution in [1.82, 2.24) is 14.9 Å². The van der Waals surface area contributed by atoms with Crippen LogP contribution in [0, 0.1) is 5.82 Å². The Kier molecular flexibility index (Phi) is 5.53. The number of nitrogens with one attached hydrogen (secondary N) is 2. The predicted octanol–water partition coefficient (Wildman–Crippen LogP) is 3.53. The summed E-state index contributed by atoms with van der Waals surface area (Å²) >= 11 is 6.08. The summed E-state index contributed by atoms with van der Waals surface area (Å²) in [6.45, 7) is 0.0277. The van der Waals surface area contributed by atoms with E-state index < -0.39 is 6.04 Å². The summed E-state index contributed by atoms with van der Waals surface area (Å²) in [6.07, 6.45) is 3.41. The van der Waals surface area contributed by atoms with Gasteiger partial charge in [-0.05, 0) is 29.8 Å². The Morgan fingerprint density at radius 2 is 2.08 bits per heavy atom. The molecule has 5 nitrogen and oxygen atoms in total. The molecular weight excluding hydrogens is 355 g/mol. The highest BCUT2D eigenvalue weighted by Gasteiger charge is 2.21. The van der Waals surface area contributed by atoms with Gasteiger partial charge in [0.25, 0.3) is 0 Å². The van der Waals surface area contributed by atoms with Crippen molar-refractivity contribution in [2.75, 3.05) is 11.9 Å². The summed E-state index contributed by atoms with van der Waals surface area (Å²) in [5, 5.41) is 6.43. The molecule has 3 aromatic rings. The third-order valence-electron chi connectivity index (χ3n) is 3.92. The summed E-state index contributed by atoms with van der Waals surface area (Å²) in [4.78, 5) is 16.7. The topological polar surface area (TPSA) is 59.0 Å². The molecule has 0 aliphatic carbocycles. The number of halogens is 2. The smallest absolute Gasteiger partial charge is 0.240 e. The standard InChI is InChI=1S/C19H18ClFN4O/c1-25-10-9-22-19(25)18(13-5-4-6-14(21)11-13)24-17(26)12-23-16-8-3-2-7-15(16)20/h2-11,18,23H,12H2,1H3,(H,24,26). The van der Waals surface area contributed by atoms with Gasteiger partial charge in [0.1, 0.15) is 17.7 Å². The minimum Gasteiger partial charge on any atom is -0.375 e. The van der Waals surface area contributed by atoms with Crippen LogP contribution in [-0.4, -0.2) is 22.0 Å². The molecule has 134 valence electrons. The molecule has 0 fully saturated rings. The molecular formula is C19H18ClFN4O. The number of aryl methyl sites for hydroxylation is 1. The first kappa shape index (κ1) is 17.9. The highest BCUT2D eigenvalue weighted by Crippen LogP contribution is 2.22. The van der Waals surface area contributed by atoms with Gasteiger partial charge in [0, 0.05) is 19.4 Å². The molecule has 1 aromatic heterocycles. The van der Waals surface area contributed by atoms with Gasteiger partial charge in [-0.15, -0.1) is 0 Å². The lowest BCUT2D eigenvalue weighted by Crippen LogP contribution is -2.35. The number of carbonyl (C=O) groups excluding carboxylic acids is 1. The van der Waals surface area contributed by atoms with Gasteiger partial charge < -0.3 is 15.2 Å². The van der Waals surface area contributed by atoms with Crippen LogP contribution < -0.4 is 10.6 Å². The zero-order chi connectivity index (χ0) is 18.5. The van der Waals surface area contributed by atoms with Gasteiger partial charge in [0.05, 0.1) is 17.3 Å². The van der Waals surface area contributed by atoms with E-state index in [1.165, 1.54) is 12.1 Å². The molecule has 26 heavy (non-hydrogen) atoms. The highest BCUT2D eigenvalue weighted by molar-refractivity contribution is 6.33. The summed E-state index contributed by atoms with van der Waals surface area (Å²) < 4.78 is 15.4. The van der Waals surface area contributed by atoms with E-state index in [0.29, 0.717) is 22.1 Å². The fraction of sp³-hybridized carbons (Fsp3) is 0.158. The van der Waals surface area contributed by atoms with Gasteiger partial charge >= 0.3 is 0 Å². The van der Waals surface area contributed by atoms with Crippen LogP contribution in [0.5, 0.6) is 0 Å². The molecule has 0 radical (unpaired) electrons. The Balaban J connectivity index is 1.76. The van der Waals surface area contributed by atoms with Crippen molar-refractivity contribution in [3.63, 3.8) is 0 Å². The fourth-order valence-electron chi connectivity index (χ4n) is 2.63. The van der Waals surface area contributed by atoms with Crippen molar-refractivity contribution in [1.29, 1.82) is 0 Å². The molecule has 0 saturated carbocycles. The van der Waals surface area contributed by atoms with Crippen LogP contribution in [0.15, 0.2) is 60.9 Å². The minimum absolute atomic E-state index is 0.0277. The maximum Gasteiger partial charge on any atom is 0.240 e. The molecule has 0 aliphatic rings. The predicted molar refractivity (Wildman–Crippen MR) is 99.5 cm³/mol. The molecule has 1 unspecified atom stereocenters. The number of imidazole rings is 1. The number of nitrogens with zero attached hydrogens (tertiary/aromatic N) is 2. The van der Waals surface area contributed by atoms with E-state index in [9.17, 15) is 9.18 Å². The molecule has 7 heteroatoms. The summed E-state index contributed by atoms with van der Waals surface area (Å²) in [6, 6.07) is 12.7. The fourth-order valence-corrected chi connectivity index (χ4v) is 2.83. The number of anilines is 1. The van der Waals surface area contributed by atoms with Crippen molar-refractivity contribution in [2.24, 2.45) is 7.05 Å². The van der Waals surface area contributed by atoms with E-state index in [4.69, 9.17) is 11.6 Å². The first-order valence-corrected chi connectivity index (χ1v) is 8.43.